The van der Waals surface area contributed by atoms with Crippen LogP contribution in [0.4, 0.5) is 14.5 Å². The van der Waals surface area contributed by atoms with Crippen LogP contribution in [0.5, 0.6) is 5.75 Å². The van der Waals surface area contributed by atoms with Gasteiger partial charge in [-0.15, -0.1) is 0 Å². The smallest absolute Gasteiger partial charge is 0.337 e. The molecule has 0 unspecified atom stereocenters. The van der Waals surface area contributed by atoms with E-state index in [1.165, 1.54) is 0 Å². The van der Waals surface area contributed by atoms with Crippen LogP contribution in [-0.4, -0.2) is 38.0 Å². The molecule has 224 valence electrons. The summed E-state index contributed by atoms with van der Waals surface area (Å²) in [7, 11) is -4.01. The maximum Gasteiger partial charge on any atom is 0.337 e. The number of hydrogen-bond acceptors (Lipinski definition) is 5. The van der Waals surface area contributed by atoms with Gasteiger partial charge in [0.05, 0.1) is 30.7 Å². The number of halogens is 2. The van der Waals surface area contributed by atoms with Crippen molar-refractivity contribution in [3.63, 3.8) is 0 Å². The highest BCUT2D eigenvalue weighted by atomic mass is 32.2. The Morgan fingerprint density at radius 1 is 0.976 bits per heavy atom. The summed E-state index contributed by atoms with van der Waals surface area (Å²) < 4.78 is 70.3. The molecule has 2 aliphatic heterocycles. The molecule has 0 bridgehead atoms. The van der Waals surface area contributed by atoms with Crippen molar-refractivity contribution in [3.05, 3.63) is 69.3 Å². The summed E-state index contributed by atoms with van der Waals surface area (Å²) in [6, 6.07) is 5.70. The van der Waals surface area contributed by atoms with E-state index in [-0.39, 0.29) is 27.9 Å². The third-order valence-electron chi connectivity index (χ3n) is 8.03. The van der Waals surface area contributed by atoms with Gasteiger partial charge in [0, 0.05) is 22.3 Å². The summed E-state index contributed by atoms with van der Waals surface area (Å²) in [5.74, 6) is -1.93. The highest BCUT2D eigenvalue weighted by molar-refractivity contribution is 7.92. The van der Waals surface area contributed by atoms with Gasteiger partial charge in [-0.1, -0.05) is 6.07 Å². The minimum Gasteiger partial charge on any atom is -0.493 e. The molecule has 0 aromatic heterocycles. The van der Waals surface area contributed by atoms with E-state index in [1.807, 2.05) is 19.1 Å². The van der Waals surface area contributed by atoms with Crippen molar-refractivity contribution >= 4 is 21.7 Å². The Balaban J connectivity index is 2.00. The molecule has 1 N–H and O–H groups in total. The Bertz CT molecular complexity index is 1740. The molecule has 0 amide bonds. The number of carbonyl (C=O) groups is 1. The maximum absolute atomic E-state index is 15.6. The van der Waals surface area contributed by atoms with Gasteiger partial charge >= 0.3 is 5.97 Å². The van der Waals surface area contributed by atoms with Crippen LogP contribution in [0.3, 0.4) is 0 Å². The topological polar surface area (TPSA) is 93.1 Å². The number of benzene rings is 3. The Morgan fingerprint density at radius 3 is 2.26 bits per heavy atom. The van der Waals surface area contributed by atoms with Crippen LogP contribution in [0.15, 0.2) is 24.3 Å². The molecule has 2 heterocycles. The normalized spacial score (nSPS) is 15.4. The lowest BCUT2D eigenvalue weighted by atomic mass is 9.78. The van der Waals surface area contributed by atoms with Gasteiger partial charge in [-0.3, -0.25) is 4.31 Å². The number of carboxylic acids is 1. The number of ether oxygens (including phenoxy) is 2. The van der Waals surface area contributed by atoms with Crippen molar-refractivity contribution in [1.29, 1.82) is 0 Å². The van der Waals surface area contributed by atoms with Crippen LogP contribution < -0.4 is 9.04 Å². The van der Waals surface area contributed by atoms with E-state index >= 15 is 8.78 Å². The second-order valence-electron chi connectivity index (χ2n) is 12.0. The lowest BCUT2D eigenvalue weighted by Gasteiger charge is -2.37. The van der Waals surface area contributed by atoms with Gasteiger partial charge in [0.25, 0.3) is 0 Å². The van der Waals surface area contributed by atoms with Gasteiger partial charge in [0.1, 0.15) is 17.4 Å². The van der Waals surface area contributed by atoms with Gasteiger partial charge in [0.2, 0.25) is 10.0 Å². The maximum atomic E-state index is 15.6. The second kappa shape index (κ2) is 10.3. The summed E-state index contributed by atoms with van der Waals surface area (Å²) in [5.41, 5.74) is 3.36. The van der Waals surface area contributed by atoms with E-state index in [2.05, 4.69) is 0 Å². The first-order valence-corrected chi connectivity index (χ1v) is 15.7. The van der Waals surface area contributed by atoms with E-state index in [4.69, 9.17) is 9.47 Å². The molecule has 0 fully saturated rings. The Kier molecular flexibility index (Phi) is 7.38. The zero-order chi connectivity index (χ0) is 30.9. The lowest BCUT2D eigenvalue weighted by Crippen LogP contribution is -2.35. The third kappa shape index (κ3) is 4.94. The Morgan fingerprint density at radius 2 is 1.64 bits per heavy atom. The minimum absolute atomic E-state index is 0.0270. The number of nitrogens with zero attached hydrogens (tertiary/aromatic N) is 1. The number of sulfonamides is 1. The average Bonchev–Trinajstić information content (AvgIpc) is 2.90. The average molecular weight is 600 g/mol. The largest absolute Gasteiger partial charge is 0.493 e. The van der Waals surface area contributed by atoms with Crippen molar-refractivity contribution in [2.24, 2.45) is 0 Å². The highest BCUT2D eigenvalue weighted by Crippen LogP contribution is 2.53. The molecule has 10 heteroatoms. The molecule has 0 radical (unpaired) electrons. The molecule has 3 aromatic rings. The van der Waals surface area contributed by atoms with Crippen LogP contribution in [-0.2, 0) is 32.5 Å². The molecule has 2 aliphatic rings. The third-order valence-corrected chi connectivity index (χ3v) is 9.15. The summed E-state index contributed by atoms with van der Waals surface area (Å²) in [4.78, 5) is 12.9. The number of carboxylic acid groups (broad SMARTS) is 1. The van der Waals surface area contributed by atoms with Crippen molar-refractivity contribution in [2.45, 2.75) is 72.6 Å². The zero-order valence-electron chi connectivity index (χ0n) is 24.8. The second-order valence-corrected chi connectivity index (χ2v) is 13.9. The Labute approximate surface area is 245 Å². The molecule has 5 rings (SSSR count). The standard InChI is InChI=1S/C32H35F2NO6S/c1-16-19-9-8-14-40-24(19)13-10-20(16)25-17(2)26-28-21(22(33)11-12-23(28)34)15-35(42(7,38)39)29(26)18(3)27(25)30(31(36)37)41-32(4,5)6/h10-13,30H,8-9,14-15H2,1-7H3,(H,36,37)/t30-/m0/s1. The fourth-order valence-corrected chi connectivity index (χ4v) is 7.21. The molecule has 7 nitrogen and oxygen atoms in total. The van der Waals surface area contributed by atoms with E-state index in [0.29, 0.717) is 28.9 Å². The van der Waals surface area contributed by atoms with Gasteiger partial charge in [-0.05, 0) is 106 Å². The zero-order valence-corrected chi connectivity index (χ0v) is 25.6. The molecule has 3 aromatic carbocycles. The predicted octanol–water partition coefficient (Wildman–Crippen LogP) is 6.77. The molecular weight excluding hydrogens is 564 g/mol. The quantitative estimate of drug-likeness (QED) is 0.348. The van der Waals surface area contributed by atoms with Gasteiger partial charge in [-0.25, -0.2) is 22.0 Å². The number of rotatable bonds is 5. The van der Waals surface area contributed by atoms with Crippen molar-refractivity contribution in [3.8, 4) is 28.0 Å². The fraction of sp³-hybridized carbons (Fsp3) is 0.406. The van der Waals surface area contributed by atoms with Gasteiger partial charge in [0.15, 0.2) is 6.10 Å². The van der Waals surface area contributed by atoms with E-state index in [0.717, 1.165) is 52.4 Å². The molecule has 0 saturated heterocycles. The molecule has 0 spiro atoms. The monoisotopic (exact) mass is 599 g/mol. The summed E-state index contributed by atoms with van der Waals surface area (Å²) in [6.45, 7) is 10.6. The molecular formula is C32H35F2NO6S. The van der Waals surface area contributed by atoms with Crippen molar-refractivity contribution in [2.75, 3.05) is 17.2 Å². The van der Waals surface area contributed by atoms with Crippen LogP contribution >= 0.6 is 0 Å². The van der Waals surface area contributed by atoms with E-state index < -0.39 is 45.9 Å². The molecule has 42 heavy (non-hydrogen) atoms. The van der Waals surface area contributed by atoms with Crippen LogP contribution in [0.1, 0.15) is 66.7 Å². The summed E-state index contributed by atoms with van der Waals surface area (Å²) in [6.07, 6.45) is 1.09. The summed E-state index contributed by atoms with van der Waals surface area (Å²) >= 11 is 0. The SMILES string of the molecule is Cc1c(-c2c(C)c3c(c(C)c2[C@H](OC(C)(C)C)C(=O)O)N(S(C)(=O)=O)Cc2c(F)ccc(F)c2-3)ccc2c1CCCO2. The minimum atomic E-state index is -4.01. The predicted molar refractivity (Wildman–Crippen MR) is 157 cm³/mol. The van der Waals surface area contributed by atoms with E-state index in [1.54, 1.807) is 34.6 Å². The first kappa shape index (κ1) is 30.0. The number of fused-ring (bicyclic) bond motifs is 4. The van der Waals surface area contributed by atoms with Crippen LogP contribution in [0.25, 0.3) is 22.3 Å². The van der Waals surface area contributed by atoms with Gasteiger partial charge < -0.3 is 14.6 Å². The molecule has 0 saturated carbocycles. The molecule has 0 aliphatic carbocycles. The van der Waals surface area contributed by atoms with Crippen LogP contribution in [0.2, 0.25) is 0 Å². The summed E-state index contributed by atoms with van der Waals surface area (Å²) in [5, 5.41) is 10.5. The first-order chi connectivity index (χ1) is 19.5. The van der Waals surface area contributed by atoms with Gasteiger partial charge in [-0.2, -0.15) is 0 Å². The van der Waals surface area contributed by atoms with Crippen molar-refractivity contribution < 1.29 is 36.6 Å². The van der Waals surface area contributed by atoms with E-state index in [9.17, 15) is 18.3 Å². The Hall–Kier alpha value is -3.50. The number of hydrogen-bond donors (Lipinski definition) is 1. The number of anilines is 1. The first-order valence-electron chi connectivity index (χ1n) is 13.8. The highest BCUT2D eigenvalue weighted by Gasteiger charge is 2.40. The van der Waals surface area contributed by atoms with Crippen LogP contribution in [0, 0.1) is 32.4 Å². The molecule has 1 atom stereocenters. The fourth-order valence-electron chi connectivity index (χ4n) is 6.29. The lowest BCUT2D eigenvalue weighted by molar-refractivity contribution is -0.160. The van der Waals surface area contributed by atoms with Crippen molar-refractivity contribution in [1.82, 2.24) is 0 Å². The number of aliphatic carboxylic acids is 1.